The summed E-state index contributed by atoms with van der Waals surface area (Å²) in [6.07, 6.45) is 0. The lowest BCUT2D eigenvalue weighted by atomic mass is 10.2. The van der Waals surface area contributed by atoms with E-state index in [0.717, 1.165) is 5.33 Å². The predicted octanol–water partition coefficient (Wildman–Crippen LogP) is 3.99. The third-order valence-corrected chi connectivity index (χ3v) is 9.36. The molecular weight excluding hydrogens is 336 g/mol. The van der Waals surface area contributed by atoms with Gasteiger partial charge in [0.1, 0.15) is 0 Å². The Morgan fingerprint density at radius 2 is 1.29 bits per heavy atom. The summed E-state index contributed by atoms with van der Waals surface area (Å²) in [5, 5.41) is 3.61. The molecule has 0 heterocycles. The molecule has 0 radical (unpaired) electrons. The largest absolute Gasteiger partial charge is 0.204 e. The smallest absolute Gasteiger partial charge is 0.118 e. The summed E-state index contributed by atoms with van der Waals surface area (Å²) < 4.78 is 0. The number of rotatable bonds is 2. The van der Waals surface area contributed by atoms with E-state index in [9.17, 15) is 0 Å². The van der Waals surface area contributed by atoms with E-state index in [0.29, 0.717) is 0 Å². The molecule has 0 saturated carbocycles. The van der Waals surface area contributed by atoms with Crippen LogP contribution in [0.5, 0.6) is 0 Å². The van der Waals surface area contributed by atoms with Crippen molar-refractivity contribution in [1.82, 2.24) is 0 Å². The molecule has 2 heteroatoms. The SMILES string of the molecule is CC(C)(C)[Si](C#CCBr)(c1ccccc1)c1ccccc1. The minimum absolute atomic E-state index is 0.116. The first kappa shape index (κ1) is 16.1. The average Bonchev–Trinajstić information content (AvgIpc) is 2.49. The Morgan fingerprint density at radius 3 is 1.62 bits per heavy atom. The average molecular weight is 357 g/mol. The molecule has 2 rings (SSSR count). The Labute approximate surface area is 137 Å². The molecule has 0 aliphatic rings. The lowest BCUT2D eigenvalue weighted by Crippen LogP contribution is -2.63. The summed E-state index contributed by atoms with van der Waals surface area (Å²) in [4.78, 5) is 0. The lowest BCUT2D eigenvalue weighted by Gasteiger charge is -2.39. The van der Waals surface area contributed by atoms with E-state index in [-0.39, 0.29) is 5.04 Å². The molecule has 21 heavy (non-hydrogen) atoms. The van der Waals surface area contributed by atoms with Crippen molar-refractivity contribution in [1.29, 1.82) is 0 Å². The van der Waals surface area contributed by atoms with Crippen molar-refractivity contribution >= 4 is 34.4 Å². The highest BCUT2D eigenvalue weighted by Crippen LogP contribution is 2.35. The van der Waals surface area contributed by atoms with Crippen LogP contribution in [0.1, 0.15) is 20.8 Å². The zero-order valence-electron chi connectivity index (χ0n) is 12.9. The molecule has 0 amide bonds. The second kappa shape index (κ2) is 6.64. The minimum atomic E-state index is -2.16. The van der Waals surface area contributed by atoms with Crippen molar-refractivity contribution in [2.75, 3.05) is 5.33 Å². The monoisotopic (exact) mass is 356 g/mol. The van der Waals surface area contributed by atoms with Crippen molar-refractivity contribution in [3.63, 3.8) is 0 Å². The topological polar surface area (TPSA) is 0 Å². The highest BCUT2D eigenvalue weighted by molar-refractivity contribution is 9.09. The van der Waals surface area contributed by atoms with Crippen LogP contribution in [0.4, 0.5) is 0 Å². The predicted molar refractivity (Wildman–Crippen MR) is 99.2 cm³/mol. The number of alkyl halides is 1. The van der Waals surface area contributed by atoms with Gasteiger partial charge in [-0.05, 0) is 15.4 Å². The van der Waals surface area contributed by atoms with Crippen molar-refractivity contribution < 1.29 is 0 Å². The van der Waals surface area contributed by atoms with Crippen molar-refractivity contribution in [2.45, 2.75) is 25.8 Å². The highest BCUT2D eigenvalue weighted by Gasteiger charge is 2.46. The van der Waals surface area contributed by atoms with Crippen LogP contribution >= 0.6 is 15.9 Å². The molecule has 0 atom stereocenters. The molecule has 0 saturated heterocycles. The number of hydrogen-bond acceptors (Lipinski definition) is 0. The Hall–Kier alpha value is -1.30. The van der Waals surface area contributed by atoms with Crippen LogP contribution in [0.2, 0.25) is 5.04 Å². The molecule has 2 aromatic carbocycles. The molecule has 0 bridgehead atoms. The van der Waals surface area contributed by atoms with Crippen molar-refractivity contribution in [2.24, 2.45) is 0 Å². The summed E-state index contributed by atoms with van der Waals surface area (Å²) in [5.74, 6) is 3.32. The van der Waals surface area contributed by atoms with Gasteiger partial charge in [-0.3, -0.25) is 0 Å². The molecule has 0 aromatic heterocycles. The molecule has 0 unspecified atom stereocenters. The Morgan fingerprint density at radius 1 is 0.857 bits per heavy atom. The van der Waals surface area contributed by atoms with Crippen molar-refractivity contribution in [3.05, 3.63) is 60.7 Å². The van der Waals surface area contributed by atoms with E-state index in [2.05, 4.69) is 109 Å². The van der Waals surface area contributed by atoms with E-state index < -0.39 is 8.07 Å². The van der Waals surface area contributed by atoms with Gasteiger partial charge in [0.15, 0.2) is 0 Å². The fourth-order valence-electron chi connectivity index (χ4n) is 2.91. The maximum Gasteiger partial charge on any atom is 0.204 e. The van der Waals surface area contributed by atoms with Gasteiger partial charge in [0.25, 0.3) is 0 Å². The second-order valence-corrected chi connectivity index (χ2v) is 11.1. The van der Waals surface area contributed by atoms with Gasteiger partial charge in [0, 0.05) is 0 Å². The Balaban J connectivity index is 2.79. The van der Waals surface area contributed by atoms with Crippen LogP contribution in [-0.2, 0) is 0 Å². The highest BCUT2D eigenvalue weighted by atomic mass is 79.9. The fraction of sp³-hybridized carbons (Fsp3) is 0.263. The first-order valence-corrected chi connectivity index (χ1v) is 10.3. The lowest BCUT2D eigenvalue weighted by molar-refractivity contribution is 0.740. The van der Waals surface area contributed by atoms with E-state index in [1.54, 1.807) is 0 Å². The molecule has 0 aliphatic heterocycles. The molecule has 0 nitrogen and oxygen atoms in total. The standard InChI is InChI=1S/C19H21BrSi/c1-19(2,3)21(16-10-15-20,17-11-6-4-7-12-17)18-13-8-5-9-14-18/h4-9,11-14H,15H2,1-3H3. The maximum absolute atomic E-state index is 3.70. The molecule has 2 aromatic rings. The zero-order chi connectivity index (χ0) is 15.3. The molecule has 108 valence electrons. The molecule has 0 aliphatic carbocycles. The van der Waals surface area contributed by atoms with E-state index in [1.165, 1.54) is 10.4 Å². The van der Waals surface area contributed by atoms with Crippen LogP contribution < -0.4 is 10.4 Å². The maximum atomic E-state index is 3.70. The summed E-state index contributed by atoms with van der Waals surface area (Å²) in [7, 11) is -2.16. The minimum Gasteiger partial charge on any atom is -0.118 e. The quantitative estimate of drug-likeness (QED) is 0.433. The van der Waals surface area contributed by atoms with E-state index >= 15 is 0 Å². The summed E-state index contributed by atoms with van der Waals surface area (Å²) in [6.45, 7) is 6.96. The molecule has 0 fully saturated rings. The van der Waals surface area contributed by atoms with Crippen LogP contribution in [0.25, 0.3) is 0 Å². The Bertz CT molecular complexity index is 591. The molecular formula is C19H21BrSi. The van der Waals surface area contributed by atoms with Crippen LogP contribution in [-0.4, -0.2) is 13.4 Å². The number of halogens is 1. The van der Waals surface area contributed by atoms with Gasteiger partial charge in [-0.1, -0.05) is 103 Å². The van der Waals surface area contributed by atoms with Gasteiger partial charge in [0.2, 0.25) is 8.07 Å². The van der Waals surface area contributed by atoms with Crippen molar-refractivity contribution in [3.8, 4) is 11.5 Å². The Kier molecular flexibility index (Phi) is 5.08. The summed E-state index contributed by atoms with van der Waals surface area (Å²) in [5.41, 5.74) is 3.70. The molecule has 0 N–H and O–H groups in total. The number of benzene rings is 2. The summed E-state index contributed by atoms with van der Waals surface area (Å²) in [6, 6.07) is 21.6. The first-order valence-electron chi connectivity index (χ1n) is 7.19. The van der Waals surface area contributed by atoms with Gasteiger partial charge < -0.3 is 0 Å². The van der Waals surface area contributed by atoms with Crippen LogP contribution in [0.15, 0.2) is 60.7 Å². The van der Waals surface area contributed by atoms with Gasteiger partial charge >= 0.3 is 0 Å². The van der Waals surface area contributed by atoms with Crippen LogP contribution in [0, 0.1) is 11.5 Å². The van der Waals surface area contributed by atoms with Gasteiger partial charge in [0.05, 0.1) is 5.33 Å². The van der Waals surface area contributed by atoms with E-state index in [4.69, 9.17) is 0 Å². The second-order valence-electron chi connectivity index (χ2n) is 6.17. The fourth-order valence-corrected chi connectivity index (χ4v) is 7.77. The third kappa shape index (κ3) is 3.15. The normalized spacial score (nSPS) is 11.6. The number of hydrogen-bond donors (Lipinski definition) is 0. The third-order valence-electron chi connectivity index (χ3n) is 3.88. The van der Waals surface area contributed by atoms with Gasteiger partial charge in [-0.2, -0.15) is 0 Å². The van der Waals surface area contributed by atoms with Gasteiger partial charge in [-0.25, -0.2) is 0 Å². The summed E-state index contributed by atoms with van der Waals surface area (Å²) >= 11 is 3.46. The van der Waals surface area contributed by atoms with Gasteiger partial charge in [-0.15, -0.1) is 5.54 Å². The molecule has 0 spiro atoms. The first-order chi connectivity index (χ1) is 10.0. The zero-order valence-corrected chi connectivity index (χ0v) is 15.4. The van der Waals surface area contributed by atoms with E-state index in [1.807, 2.05) is 0 Å². The van der Waals surface area contributed by atoms with Crippen LogP contribution in [0.3, 0.4) is 0 Å².